The predicted molar refractivity (Wildman–Crippen MR) is 71.3 cm³/mol. The number of halogens is 1. The van der Waals surface area contributed by atoms with Crippen LogP contribution in [-0.2, 0) is 9.53 Å². The molecule has 0 spiro atoms. The van der Waals surface area contributed by atoms with Gasteiger partial charge in [0.1, 0.15) is 5.15 Å². The fourth-order valence-electron chi connectivity index (χ4n) is 1.85. The van der Waals surface area contributed by atoms with Crippen LogP contribution in [0.5, 0.6) is 0 Å². The summed E-state index contributed by atoms with van der Waals surface area (Å²) in [7, 11) is 0. The quantitative estimate of drug-likeness (QED) is 0.639. The number of nitrogens with zero attached hydrogens (tertiary/aromatic N) is 3. The largest absolute Gasteiger partial charge is 0.476 e. The lowest BCUT2D eigenvalue weighted by Gasteiger charge is -2.14. The number of carbonyl (C=O) groups is 2. The maximum atomic E-state index is 11.6. The van der Waals surface area contributed by atoms with Crippen molar-refractivity contribution < 1.29 is 24.5 Å². The lowest BCUT2D eigenvalue weighted by atomic mass is 10.1. The smallest absolute Gasteiger partial charge is 0.356 e. The summed E-state index contributed by atoms with van der Waals surface area (Å²) in [4.78, 5) is 26.6. The number of hydrogen-bond acceptors (Lipinski definition) is 6. The van der Waals surface area contributed by atoms with Gasteiger partial charge in [0, 0.05) is 11.8 Å². The van der Waals surface area contributed by atoms with Crippen molar-refractivity contribution in [3.63, 3.8) is 0 Å². The Morgan fingerprint density at radius 2 is 2.19 bits per heavy atom. The monoisotopic (exact) mass is 313 g/mol. The first-order valence-corrected chi connectivity index (χ1v) is 6.38. The molecule has 2 heterocycles. The van der Waals surface area contributed by atoms with Crippen molar-refractivity contribution in [2.75, 3.05) is 6.61 Å². The van der Waals surface area contributed by atoms with Gasteiger partial charge in [-0.05, 0) is 13.8 Å². The second-order valence-corrected chi connectivity index (χ2v) is 4.52. The molecule has 0 aliphatic rings. The second-order valence-electron chi connectivity index (χ2n) is 4.16. The average Bonchev–Trinajstić information content (AvgIpc) is 2.83. The van der Waals surface area contributed by atoms with Crippen molar-refractivity contribution in [2.24, 2.45) is 0 Å². The molecule has 0 saturated heterocycles. The molecule has 112 valence electrons. The molecule has 8 nitrogen and oxygen atoms in total. The zero-order chi connectivity index (χ0) is 15.7. The number of aromatic nitrogens is 3. The Kier molecular flexibility index (Phi) is 4.10. The number of rotatable bonds is 4. The van der Waals surface area contributed by atoms with Crippen molar-refractivity contribution in [2.45, 2.75) is 20.0 Å². The van der Waals surface area contributed by atoms with Crippen LogP contribution in [0.15, 0.2) is 6.07 Å². The van der Waals surface area contributed by atoms with E-state index >= 15 is 0 Å². The highest BCUT2D eigenvalue weighted by molar-refractivity contribution is 6.30. The number of aromatic carboxylic acids is 1. The molecule has 9 heteroatoms. The van der Waals surface area contributed by atoms with Crippen LogP contribution in [0.25, 0.3) is 5.65 Å². The van der Waals surface area contributed by atoms with Gasteiger partial charge in [-0.1, -0.05) is 11.6 Å². The topological polar surface area (TPSA) is 114 Å². The Bertz CT molecular complexity index is 727. The van der Waals surface area contributed by atoms with Crippen molar-refractivity contribution in [3.8, 4) is 0 Å². The standard InChI is InChI=1S/C12H12ClN3O5/c1-3-21-12(20)9(17)8-5(2)14-7-4-6(11(18)19)15-16(7)10(8)13/h4,9,17H,3H2,1-2H3,(H,18,19). The minimum atomic E-state index is -1.62. The maximum absolute atomic E-state index is 11.6. The molecule has 0 saturated carbocycles. The molecule has 2 aromatic rings. The van der Waals surface area contributed by atoms with Crippen molar-refractivity contribution in [1.82, 2.24) is 14.6 Å². The Morgan fingerprint density at radius 1 is 1.52 bits per heavy atom. The Balaban J connectivity index is 2.59. The summed E-state index contributed by atoms with van der Waals surface area (Å²) in [6, 6.07) is 1.24. The van der Waals surface area contributed by atoms with Crippen LogP contribution < -0.4 is 0 Å². The first kappa shape index (κ1) is 15.2. The van der Waals surface area contributed by atoms with Gasteiger partial charge < -0.3 is 14.9 Å². The minimum absolute atomic E-state index is 0.0302. The molecule has 0 bridgehead atoms. The second kappa shape index (κ2) is 5.66. The molecule has 0 aromatic carbocycles. The average molecular weight is 314 g/mol. The van der Waals surface area contributed by atoms with Gasteiger partial charge in [0.05, 0.1) is 12.2 Å². The third-order valence-electron chi connectivity index (χ3n) is 2.77. The van der Waals surface area contributed by atoms with Crippen molar-refractivity contribution >= 4 is 29.2 Å². The fourth-order valence-corrected chi connectivity index (χ4v) is 2.21. The number of carbonyl (C=O) groups excluding carboxylic acids is 1. The highest BCUT2D eigenvalue weighted by atomic mass is 35.5. The molecule has 0 fully saturated rings. The van der Waals surface area contributed by atoms with E-state index in [1.165, 1.54) is 13.0 Å². The molecular formula is C12H12ClN3O5. The molecule has 0 aliphatic carbocycles. The van der Waals surface area contributed by atoms with Crippen LogP contribution in [0.2, 0.25) is 5.15 Å². The minimum Gasteiger partial charge on any atom is -0.476 e. The van der Waals surface area contributed by atoms with E-state index in [0.717, 1.165) is 4.52 Å². The first-order chi connectivity index (χ1) is 9.86. The normalized spacial score (nSPS) is 12.4. The number of carboxylic acids is 1. The fraction of sp³-hybridized carbons (Fsp3) is 0.333. The molecule has 0 radical (unpaired) electrons. The summed E-state index contributed by atoms with van der Waals surface area (Å²) in [6.07, 6.45) is -1.62. The molecule has 2 N–H and O–H groups in total. The van der Waals surface area contributed by atoms with E-state index in [2.05, 4.69) is 10.1 Å². The lowest BCUT2D eigenvalue weighted by molar-refractivity contribution is -0.153. The molecular weight excluding hydrogens is 302 g/mol. The highest BCUT2D eigenvalue weighted by Crippen LogP contribution is 2.27. The van der Waals surface area contributed by atoms with Gasteiger partial charge in [-0.15, -0.1) is 0 Å². The number of esters is 1. The van der Waals surface area contributed by atoms with Crippen LogP contribution in [0.3, 0.4) is 0 Å². The van der Waals surface area contributed by atoms with Crippen molar-refractivity contribution in [3.05, 3.63) is 28.2 Å². The van der Waals surface area contributed by atoms with Crippen LogP contribution in [0.1, 0.15) is 34.8 Å². The lowest BCUT2D eigenvalue weighted by Crippen LogP contribution is -2.18. The van der Waals surface area contributed by atoms with Crippen LogP contribution in [-0.4, -0.2) is 43.4 Å². The van der Waals surface area contributed by atoms with Gasteiger partial charge in [-0.2, -0.15) is 5.10 Å². The van der Waals surface area contributed by atoms with Gasteiger partial charge in [0.15, 0.2) is 17.4 Å². The van der Waals surface area contributed by atoms with Crippen LogP contribution >= 0.6 is 11.6 Å². The summed E-state index contributed by atoms with van der Waals surface area (Å²) in [6.45, 7) is 3.25. The van der Waals surface area contributed by atoms with Crippen molar-refractivity contribution in [1.29, 1.82) is 0 Å². The van der Waals surface area contributed by atoms with Crippen LogP contribution in [0.4, 0.5) is 0 Å². The van der Waals surface area contributed by atoms with E-state index in [1.807, 2.05) is 0 Å². The van der Waals surface area contributed by atoms with E-state index in [1.54, 1.807) is 6.92 Å². The van der Waals surface area contributed by atoms with Gasteiger partial charge >= 0.3 is 11.9 Å². The number of fused-ring (bicyclic) bond motifs is 1. The zero-order valence-corrected chi connectivity index (χ0v) is 12.0. The first-order valence-electron chi connectivity index (χ1n) is 6.00. The molecule has 1 unspecified atom stereocenters. The molecule has 2 rings (SSSR count). The predicted octanol–water partition coefficient (Wildman–Crippen LogP) is 0.986. The summed E-state index contributed by atoms with van der Waals surface area (Å²) in [5.41, 5.74) is 0.272. The third-order valence-corrected chi connectivity index (χ3v) is 3.14. The summed E-state index contributed by atoms with van der Waals surface area (Å²) < 4.78 is 5.78. The Labute approximate surface area is 123 Å². The van der Waals surface area contributed by atoms with Crippen LogP contribution in [0, 0.1) is 6.92 Å². The van der Waals surface area contributed by atoms with Gasteiger partial charge in [-0.3, -0.25) is 0 Å². The molecule has 21 heavy (non-hydrogen) atoms. The van der Waals surface area contributed by atoms with E-state index in [4.69, 9.17) is 21.4 Å². The number of aryl methyl sites for hydroxylation is 1. The summed E-state index contributed by atoms with van der Waals surface area (Å²) in [5.74, 6) is -2.10. The maximum Gasteiger partial charge on any atom is 0.356 e. The highest BCUT2D eigenvalue weighted by Gasteiger charge is 2.27. The molecule has 0 amide bonds. The van der Waals surface area contributed by atoms with Gasteiger partial charge in [-0.25, -0.2) is 19.1 Å². The molecule has 2 aromatic heterocycles. The number of aliphatic hydroxyl groups is 1. The zero-order valence-electron chi connectivity index (χ0n) is 11.2. The SMILES string of the molecule is CCOC(=O)C(O)c1c(C)nc2cc(C(=O)O)nn2c1Cl. The van der Waals surface area contributed by atoms with Gasteiger partial charge in [0.2, 0.25) is 0 Å². The Morgan fingerprint density at radius 3 is 2.76 bits per heavy atom. The number of ether oxygens (including phenoxy) is 1. The number of hydrogen-bond donors (Lipinski definition) is 2. The van der Waals surface area contributed by atoms with E-state index in [9.17, 15) is 14.7 Å². The van der Waals surface area contributed by atoms with E-state index in [0.29, 0.717) is 0 Å². The van der Waals surface area contributed by atoms with Gasteiger partial charge in [0.25, 0.3) is 0 Å². The van der Waals surface area contributed by atoms with E-state index < -0.39 is 18.0 Å². The molecule has 0 aliphatic heterocycles. The molecule has 1 atom stereocenters. The number of aliphatic hydroxyl groups excluding tert-OH is 1. The Hall–Kier alpha value is -2.19. The summed E-state index contributed by atoms with van der Waals surface area (Å²) in [5, 5.41) is 22.6. The van der Waals surface area contributed by atoms with E-state index in [-0.39, 0.29) is 34.4 Å². The number of carboxylic acid groups (broad SMARTS) is 1. The summed E-state index contributed by atoms with van der Waals surface area (Å²) >= 11 is 6.10. The third kappa shape index (κ3) is 2.67.